The van der Waals surface area contributed by atoms with Crippen LogP contribution in [0.1, 0.15) is 38.6 Å². The number of aryl methyl sites for hydroxylation is 2. The van der Waals surface area contributed by atoms with Crippen LogP contribution in [0, 0.1) is 17.6 Å². The van der Waals surface area contributed by atoms with Crippen molar-refractivity contribution in [3.8, 4) is 11.6 Å². The number of carbonyl (C=O) groups excluding carboxylic acids is 2. The molecular formula is C28H33F2N7O3. The number of nitrogens with one attached hydrogen (secondary N) is 1. The molecule has 2 aliphatic rings. The number of piperazine rings is 1. The van der Waals surface area contributed by atoms with Crippen molar-refractivity contribution >= 4 is 17.6 Å². The quantitative estimate of drug-likeness (QED) is 0.499. The van der Waals surface area contributed by atoms with Crippen LogP contribution in [0.4, 0.5) is 14.6 Å². The molecule has 40 heavy (non-hydrogen) atoms. The van der Waals surface area contributed by atoms with Crippen molar-refractivity contribution in [2.75, 3.05) is 25.0 Å². The first-order chi connectivity index (χ1) is 19.0. The standard InChI is InChI=1S/C28H33F2N7O3/c1-17(26(38)34-24-13-32-25(14-31-24)40-23-8-6-19(29)12-20(23)30)36-9-10-37(28(2,3)15-36)27(39)18-5-7-21-22(11-18)35(4)16-33-21/h6,8,12-14,16-18H,5,7,9-11,15H2,1-4H3,(H,31,34,38)/t17-,18-/m0/s1. The van der Waals surface area contributed by atoms with Gasteiger partial charge in [0, 0.05) is 50.8 Å². The molecule has 2 amide bonds. The number of fused-ring (bicyclic) bond motifs is 1. The SMILES string of the molecule is C[C@@H](C(=O)Nc1cnc(Oc2ccc(F)cc2F)cn1)N1CCN(C(=O)[C@H]2CCc3ncn(C)c3C2)C(C)(C)C1. The number of amides is 2. The molecule has 0 unspecified atom stereocenters. The lowest BCUT2D eigenvalue weighted by Crippen LogP contribution is -2.64. The molecule has 212 valence electrons. The van der Waals surface area contributed by atoms with Gasteiger partial charge in [-0.15, -0.1) is 0 Å². The van der Waals surface area contributed by atoms with Gasteiger partial charge in [0.1, 0.15) is 5.82 Å². The van der Waals surface area contributed by atoms with Gasteiger partial charge in [0.2, 0.25) is 17.7 Å². The van der Waals surface area contributed by atoms with Crippen molar-refractivity contribution in [2.24, 2.45) is 13.0 Å². The summed E-state index contributed by atoms with van der Waals surface area (Å²) in [5, 5.41) is 2.75. The van der Waals surface area contributed by atoms with Gasteiger partial charge >= 0.3 is 0 Å². The Bertz CT molecular complexity index is 1410. The summed E-state index contributed by atoms with van der Waals surface area (Å²) < 4.78 is 34.2. The molecule has 10 nitrogen and oxygen atoms in total. The average molecular weight is 554 g/mol. The van der Waals surface area contributed by atoms with Gasteiger partial charge in [-0.1, -0.05) is 0 Å². The van der Waals surface area contributed by atoms with E-state index in [9.17, 15) is 18.4 Å². The minimum absolute atomic E-state index is 0.00308. The minimum atomic E-state index is -0.862. The van der Waals surface area contributed by atoms with Crippen LogP contribution in [0.3, 0.4) is 0 Å². The number of rotatable bonds is 6. The fourth-order valence-corrected chi connectivity index (χ4v) is 5.48. The van der Waals surface area contributed by atoms with Crippen molar-refractivity contribution in [1.29, 1.82) is 0 Å². The highest BCUT2D eigenvalue weighted by atomic mass is 19.1. The van der Waals surface area contributed by atoms with Crippen molar-refractivity contribution in [1.82, 2.24) is 29.3 Å². The summed E-state index contributed by atoms with van der Waals surface area (Å²) in [5.41, 5.74) is 1.77. The van der Waals surface area contributed by atoms with E-state index >= 15 is 0 Å². The lowest BCUT2D eigenvalue weighted by atomic mass is 9.86. The summed E-state index contributed by atoms with van der Waals surface area (Å²) in [6.45, 7) is 7.52. The second-order valence-corrected chi connectivity index (χ2v) is 11.0. The van der Waals surface area contributed by atoms with Crippen molar-refractivity contribution < 1.29 is 23.1 Å². The zero-order valence-corrected chi connectivity index (χ0v) is 23.0. The molecule has 0 radical (unpaired) electrons. The molecule has 2 atom stereocenters. The molecule has 0 bridgehead atoms. The predicted molar refractivity (Wildman–Crippen MR) is 143 cm³/mol. The zero-order valence-electron chi connectivity index (χ0n) is 23.0. The maximum absolute atomic E-state index is 13.8. The van der Waals surface area contributed by atoms with E-state index in [1.54, 1.807) is 0 Å². The van der Waals surface area contributed by atoms with E-state index in [1.807, 2.05) is 43.6 Å². The van der Waals surface area contributed by atoms with Crippen molar-refractivity contribution in [3.05, 3.63) is 59.9 Å². The fourth-order valence-electron chi connectivity index (χ4n) is 5.48. The number of hydrogen-bond donors (Lipinski definition) is 1. The topological polar surface area (TPSA) is 105 Å². The first-order valence-electron chi connectivity index (χ1n) is 13.3. The summed E-state index contributed by atoms with van der Waals surface area (Å²) in [6, 6.07) is 2.47. The van der Waals surface area contributed by atoms with Crippen LogP contribution in [-0.2, 0) is 29.5 Å². The van der Waals surface area contributed by atoms with Crippen LogP contribution >= 0.6 is 0 Å². The number of benzene rings is 1. The largest absolute Gasteiger partial charge is 0.434 e. The summed E-state index contributed by atoms with van der Waals surface area (Å²) >= 11 is 0. The van der Waals surface area contributed by atoms with Crippen LogP contribution in [-0.4, -0.2) is 72.3 Å². The lowest BCUT2D eigenvalue weighted by molar-refractivity contribution is -0.146. The summed E-state index contributed by atoms with van der Waals surface area (Å²) in [5.74, 6) is -1.73. The first kappa shape index (κ1) is 27.6. The Hall–Kier alpha value is -3.93. The third-order valence-corrected chi connectivity index (χ3v) is 7.78. The molecule has 1 aliphatic heterocycles. The zero-order chi connectivity index (χ0) is 28.6. The predicted octanol–water partition coefficient (Wildman–Crippen LogP) is 3.34. The molecule has 3 heterocycles. The Morgan fingerprint density at radius 3 is 2.65 bits per heavy atom. The Kier molecular flexibility index (Phi) is 7.54. The monoisotopic (exact) mass is 553 g/mol. The summed E-state index contributed by atoms with van der Waals surface area (Å²) in [7, 11) is 1.97. The maximum Gasteiger partial charge on any atom is 0.242 e. The molecule has 12 heteroatoms. The molecule has 5 rings (SSSR count). The number of hydrogen-bond acceptors (Lipinski definition) is 7. The Morgan fingerprint density at radius 1 is 1.15 bits per heavy atom. The van der Waals surface area contributed by atoms with Gasteiger partial charge in [-0.25, -0.2) is 23.7 Å². The lowest BCUT2D eigenvalue weighted by Gasteiger charge is -2.49. The van der Waals surface area contributed by atoms with E-state index in [0.29, 0.717) is 32.1 Å². The molecule has 2 aromatic heterocycles. The summed E-state index contributed by atoms with van der Waals surface area (Å²) in [4.78, 5) is 43.3. The fraction of sp³-hybridized carbons (Fsp3) is 0.464. The molecule has 1 aliphatic carbocycles. The molecule has 0 saturated carbocycles. The second kappa shape index (κ2) is 10.9. The van der Waals surface area contributed by atoms with Crippen LogP contribution in [0.15, 0.2) is 36.9 Å². The molecule has 1 aromatic carbocycles. The Balaban J connectivity index is 1.16. The van der Waals surface area contributed by atoms with Gasteiger partial charge in [-0.3, -0.25) is 14.5 Å². The van der Waals surface area contributed by atoms with E-state index in [0.717, 1.165) is 36.4 Å². The highest BCUT2D eigenvalue weighted by molar-refractivity contribution is 5.93. The number of carbonyl (C=O) groups is 2. The van der Waals surface area contributed by atoms with Crippen LogP contribution < -0.4 is 10.1 Å². The average Bonchev–Trinajstić information content (AvgIpc) is 3.29. The van der Waals surface area contributed by atoms with Crippen molar-refractivity contribution in [2.45, 2.75) is 51.6 Å². The van der Waals surface area contributed by atoms with E-state index in [2.05, 4.69) is 25.2 Å². The smallest absolute Gasteiger partial charge is 0.242 e. The molecule has 1 fully saturated rings. The number of anilines is 1. The third kappa shape index (κ3) is 5.67. The highest BCUT2D eigenvalue weighted by Crippen LogP contribution is 2.30. The molecule has 3 aromatic rings. The van der Waals surface area contributed by atoms with Gasteiger partial charge < -0.3 is 19.5 Å². The van der Waals surface area contributed by atoms with Gasteiger partial charge in [0.15, 0.2) is 17.4 Å². The van der Waals surface area contributed by atoms with E-state index < -0.39 is 23.2 Å². The second-order valence-electron chi connectivity index (χ2n) is 11.0. The van der Waals surface area contributed by atoms with Crippen molar-refractivity contribution in [3.63, 3.8) is 0 Å². The van der Waals surface area contributed by atoms with Crippen LogP contribution in [0.25, 0.3) is 0 Å². The normalized spacial score (nSPS) is 19.6. The number of ether oxygens (including phenoxy) is 1. The minimum Gasteiger partial charge on any atom is -0.434 e. The van der Waals surface area contributed by atoms with Crippen LogP contribution in [0.2, 0.25) is 0 Å². The number of aromatic nitrogens is 4. The van der Waals surface area contributed by atoms with E-state index in [4.69, 9.17) is 4.74 Å². The Labute approximate surface area is 231 Å². The molecule has 0 spiro atoms. The van der Waals surface area contributed by atoms with E-state index in [-0.39, 0.29) is 35.2 Å². The van der Waals surface area contributed by atoms with Gasteiger partial charge in [0.05, 0.1) is 36.0 Å². The maximum atomic E-state index is 13.8. The molecular weight excluding hydrogens is 520 g/mol. The van der Waals surface area contributed by atoms with Gasteiger partial charge in [-0.2, -0.15) is 0 Å². The third-order valence-electron chi connectivity index (χ3n) is 7.78. The first-order valence-corrected chi connectivity index (χ1v) is 13.3. The number of halogens is 2. The number of imidazole rings is 1. The molecule has 1 N–H and O–H groups in total. The van der Waals surface area contributed by atoms with E-state index in [1.165, 1.54) is 12.4 Å². The van der Waals surface area contributed by atoms with Gasteiger partial charge in [-0.05, 0) is 45.7 Å². The van der Waals surface area contributed by atoms with Gasteiger partial charge in [0.25, 0.3) is 0 Å². The highest BCUT2D eigenvalue weighted by Gasteiger charge is 2.42. The number of nitrogens with zero attached hydrogens (tertiary/aromatic N) is 6. The molecule has 1 saturated heterocycles. The van der Waals surface area contributed by atoms with Crippen LogP contribution in [0.5, 0.6) is 11.6 Å². The summed E-state index contributed by atoms with van der Waals surface area (Å²) in [6.07, 6.45) is 6.67. The Morgan fingerprint density at radius 2 is 1.95 bits per heavy atom.